The van der Waals surface area contributed by atoms with Gasteiger partial charge in [-0.05, 0) is 41.0 Å². The highest BCUT2D eigenvalue weighted by Gasteiger charge is 2.02. The van der Waals surface area contributed by atoms with Crippen LogP contribution in [-0.2, 0) is 0 Å². The molecule has 0 saturated heterocycles. The summed E-state index contributed by atoms with van der Waals surface area (Å²) >= 11 is 3.48. The number of hydrogen-bond acceptors (Lipinski definition) is 3. The molecule has 3 heteroatoms. The second kappa shape index (κ2) is 5.43. The number of rotatable bonds is 4. The molecule has 84 valence electrons. The zero-order valence-corrected chi connectivity index (χ0v) is 10.8. The Hall–Kier alpha value is -0.900. The van der Waals surface area contributed by atoms with E-state index in [-0.39, 0.29) is 6.61 Å². The van der Waals surface area contributed by atoms with Gasteiger partial charge in [0.05, 0.1) is 6.61 Å². The molecular weight excluding hydrogens is 236 g/mol. The number of thiophene rings is 2. The normalized spacial score (nSPS) is 12.0. The molecule has 0 aliphatic carbocycles. The van der Waals surface area contributed by atoms with E-state index in [4.69, 9.17) is 5.11 Å². The van der Waals surface area contributed by atoms with E-state index in [1.54, 1.807) is 22.7 Å². The van der Waals surface area contributed by atoms with Crippen LogP contribution in [-0.4, -0.2) is 11.7 Å². The topological polar surface area (TPSA) is 20.2 Å². The molecule has 0 fully saturated rings. The molecule has 0 aliphatic rings. The first-order valence-electron chi connectivity index (χ1n) is 5.26. The van der Waals surface area contributed by atoms with Crippen molar-refractivity contribution in [3.05, 3.63) is 39.4 Å². The molecule has 0 saturated carbocycles. The molecule has 1 N–H and O–H groups in total. The minimum atomic E-state index is 0.155. The van der Waals surface area contributed by atoms with E-state index in [1.807, 2.05) is 0 Å². The van der Waals surface area contributed by atoms with Crippen molar-refractivity contribution in [3.8, 4) is 10.4 Å². The molecule has 0 spiro atoms. The minimum absolute atomic E-state index is 0.155. The standard InChI is InChI=1S/C13H14OS2/c1-2-10(8-14)6-12-7-11(9-16-12)13-4-3-5-15-13/h3-7,9,14H,2,8H2,1H3. The molecule has 0 radical (unpaired) electrons. The van der Waals surface area contributed by atoms with Gasteiger partial charge in [0.2, 0.25) is 0 Å². The summed E-state index contributed by atoms with van der Waals surface area (Å²) in [7, 11) is 0. The Morgan fingerprint density at radius 3 is 2.94 bits per heavy atom. The van der Waals surface area contributed by atoms with Gasteiger partial charge < -0.3 is 5.11 Å². The van der Waals surface area contributed by atoms with Crippen LogP contribution in [0.2, 0.25) is 0 Å². The van der Waals surface area contributed by atoms with Gasteiger partial charge in [-0.2, -0.15) is 0 Å². The fraction of sp³-hybridized carbons (Fsp3) is 0.231. The van der Waals surface area contributed by atoms with E-state index in [0.717, 1.165) is 12.0 Å². The van der Waals surface area contributed by atoms with Crippen LogP contribution < -0.4 is 0 Å². The first-order chi connectivity index (χ1) is 7.83. The largest absolute Gasteiger partial charge is 0.392 e. The van der Waals surface area contributed by atoms with Crippen molar-refractivity contribution in [2.24, 2.45) is 0 Å². The molecule has 2 heterocycles. The lowest BCUT2D eigenvalue weighted by Gasteiger charge is -1.96. The fourth-order valence-corrected chi connectivity index (χ4v) is 3.14. The van der Waals surface area contributed by atoms with Crippen molar-refractivity contribution >= 4 is 28.7 Å². The van der Waals surface area contributed by atoms with Crippen molar-refractivity contribution in [2.45, 2.75) is 13.3 Å². The summed E-state index contributed by atoms with van der Waals surface area (Å²) in [4.78, 5) is 2.52. The molecule has 16 heavy (non-hydrogen) atoms. The van der Waals surface area contributed by atoms with Crippen molar-refractivity contribution < 1.29 is 5.11 Å². The lowest BCUT2D eigenvalue weighted by molar-refractivity contribution is 0.329. The van der Waals surface area contributed by atoms with E-state index in [2.05, 4.69) is 42.0 Å². The Morgan fingerprint density at radius 1 is 1.44 bits per heavy atom. The first-order valence-corrected chi connectivity index (χ1v) is 7.02. The average molecular weight is 250 g/mol. The van der Waals surface area contributed by atoms with Gasteiger partial charge >= 0.3 is 0 Å². The molecule has 0 atom stereocenters. The van der Waals surface area contributed by atoms with E-state index in [0.29, 0.717) is 0 Å². The maximum absolute atomic E-state index is 9.12. The van der Waals surface area contributed by atoms with Gasteiger partial charge in [-0.3, -0.25) is 0 Å². The third-order valence-electron chi connectivity index (χ3n) is 2.43. The highest BCUT2D eigenvalue weighted by atomic mass is 32.1. The van der Waals surface area contributed by atoms with Gasteiger partial charge in [0.1, 0.15) is 0 Å². The Bertz CT molecular complexity index is 460. The molecule has 2 aromatic rings. The molecule has 1 nitrogen and oxygen atoms in total. The fourth-order valence-electron chi connectivity index (χ4n) is 1.46. The SMILES string of the molecule is CCC(=Cc1cc(-c2cccs2)cs1)CO. The molecule has 2 rings (SSSR count). The second-order valence-electron chi connectivity index (χ2n) is 3.53. The van der Waals surface area contributed by atoms with Crippen LogP contribution in [0.25, 0.3) is 16.5 Å². The summed E-state index contributed by atoms with van der Waals surface area (Å²) in [5.74, 6) is 0. The third-order valence-corrected chi connectivity index (χ3v) is 4.23. The van der Waals surface area contributed by atoms with Crippen LogP contribution in [0.15, 0.2) is 34.5 Å². The summed E-state index contributed by atoms with van der Waals surface area (Å²) < 4.78 is 0. The highest BCUT2D eigenvalue weighted by molar-refractivity contribution is 7.15. The van der Waals surface area contributed by atoms with Crippen LogP contribution >= 0.6 is 22.7 Å². The van der Waals surface area contributed by atoms with Crippen LogP contribution in [0.1, 0.15) is 18.2 Å². The Morgan fingerprint density at radius 2 is 2.31 bits per heavy atom. The van der Waals surface area contributed by atoms with Crippen molar-refractivity contribution in [2.75, 3.05) is 6.61 Å². The van der Waals surface area contributed by atoms with Crippen molar-refractivity contribution in [1.82, 2.24) is 0 Å². The molecular formula is C13H14OS2. The van der Waals surface area contributed by atoms with Crippen LogP contribution in [0.4, 0.5) is 0 Å². The summed E-state index contributed by atoms with van der Waals surface area (Å²) in [6.45, 7) is 2.22. The predicted octanol–water partition coefficient (Wildman–Crippen LogP) is 4.26. The Labute approximate surface area is 104 Å². The van der Waals surface area contributed by atoms with E-state index < -0.39 is 0 Å². The molecule has 0 aromatic carbocycles. The zero-order valence-electron chi connectivity index (χ0n) is 9.14. The first kappa shape index (κ1) is 11.6. The van der Waals surface area contributed by atoms with Gasteiger partial charge in [-0.25, -0.2) is 0 Å². The summed E-state index contributed by atoms with van der Waals surface area (Å²) in [5, 5.41) is 13.4. The van der Waals surface area contributed by atoms with E-state index >= 15 is 0 Å². The van der Waals surface area contributed by atoms with Gasteiger partial charge in [0, 0.05) is 15.3 Å². The summed E-state index contributed by atoms with van der Waals surface area (Å²) in [6, 6.07) is 6.38. The lowest BCUT2D eigenvalue weighted by Crippen LogP contribution is -1.86. The van der Waals surface area contributed by atoms with Gasteiger partial charge in [-0.1, -0.05) is 13.0 Å². The second-order valence-corrected chi connectivity index (χ2v) is 5.42. The van der Waals surface area contributed by atoms with Crippen molar-refractivity contribution in [1.29, 1.82) is 0 Å². The zero-order chi connectivity index (χ0) is 11.4. The van der Waals surface area contributed by atoms with E-state index in [1.165, 1.54) is 15.3 Å². The van der Waals surface area contributed by atoms with Crippen molar-refractivity contribution in [3.63, 3.8) is 0 Å². The molecule has 2 aromatic heterocycles. The third kappa shape index (κ3) is 2.61. The quantitative estimate of drug-likeness (QED) is 0.859. The minimum Gasteiger partial charge on any atom is -0.392 e. The van der Waals surface area contributed by atoms with Gasteiger partial charge in [0.25, 0.3) is 0 Å². The van der Waals surface area contributed by atoms with Crippen LogP contribution in [0, 0.1) is 0 Å². The molecule has 0 bridgehead atoms. The molecule has 0 unspecified atom stereocenters. The highest BCUT2D eigenvalue weighted by Crippen LogP contribution is 2.30. The average Bonchev–Trinajstić information content (AvgIpc) is 2.96. The number of aliphatic hydroxyl groups excluding tert-OH is 1. The predicted molar refractivity (Wildman–Crippen MR) is 73.0 cm³/mol. The summed E-state index contributed by atoms with van der Waals surface area (Å²) in [6.07, 6.45) is 2.99. The van der Waals surface area contributed by atoms with Crippen LogP contribution in [0.5, 0.6) is 0 Å². The maximum Gasteiger partial charge on any atom is 0.0645 e. The Kier molecular flexibility index (Phi) is 3.93. The lowest BCUT2D eigenvalue weighted by atomic mass is 10.2. The van der Waals surface area contributed by atoms with Crippen LogP contribution in [0.3, 0.4) is 0 Å². The molecule has 0 aliphatic heterocycles. The number of aliphatic hydroxyl groups is 1. The number of hydrogen-bond donors (Lipinski definition) is 1. The smallest absolute Gasteiger partial charge is 0.0645 e. The van der Waals surface area contributed by atoms with E-state index in [9.17, 15) is 0 Å². The Balaban J connectivity index is 2.23. The maximum atomic E-state index is 9.12. The molecule has 0 amide bonds. The van der Waals surface area contributed by atoms with Gasteiger partial charge in [-0.15, -0.1) is 22.7 Å². The summed E-state index contributed by atoms with van der Waals surface area (Å²) in [5.41, 5.74) is 2.36. The monoisotopic (exact) mass is 250 g/mol. The van der Waals surface area contributed by atoms with Gasteiger partial charge in [0.15, 0.2) is 0 Å².